The third-order valence-corrected chi connectivity index (χ3v) is 6.82. The first kappa shape index (κ1) is 20.6. The fourth-order valence-electron chi connectivity index (χ4n) is 4.14. The first-order valence-corrected chi connectivity index (χ1v) is 10.6. The molecule has 2 fully saturated rings. The van der Waals surface area contributed by atoms with Crippen molar-refractivity contribution in [2.24, 2.45) is 10.4 Å². The Balaban J connectivity index is 0.00000210. The summed E-state index contributed by atoms with van der Waals surface area (Å²) in [5.74, 6) is 1.03. The number of nitrogens with one attached hydrogen (secondary N) is 1. The lowest BCUT2D eigenvalue weighted by Crippen LogP contribution is -2.42. The van der Waals surface area contributed by atoms with Gasteiger partial charge in [0.05, 0.1) is 17.2 Å². The van der Waals surface area contributed by atoms with E-state index in [1.165, 1.54) is 42.8 Å². The number of halogens is 1. The molecule has 1 aliphatic carbocycles. The van der Waals surface area contributed by atoms with E-state index in [1.54, 1.807) is 11.3 Å². The molecule has 2 aromatic rings. The second-order valence-electron chi connectivity index (χ2n) is 7.64. The summed E-state index contributed by atoms with van der Waals surface area (Å²) in [5, 5.41) is 6.92. The first-order chi connectivity index (χ1) is 12.8. The van der Waals surface area contributed by atoms with Gasteiger partial charge in [0.15, 0.2) is 5.96 Å². The molecule has 0 radical (unpaired) electrons. The van der Waals surface area contributed by atoms with Crippen LogP contribution >= 0.6 is 35.3 Å². The summed E-state index contributed by atoms with van der Waals surface area (Å²) in [7, 11) is 1.89. The average molecular weight is 496 g/mol. The van der Waals surface area contributed by atoms with E-state index >= 15 is 0 Å². The molecule has 6 heteroatoms. The molecular weight excluding hydrogens is 467 g/mol. The van der Waals surface area contributed by atoms with Crippen LogP contribution in [0.2, 0.25) is 0 Å². The standard InChI is InChI=1S/C21H28N4S.HI/c1-22-20(25-13-12-21(16-25)10-5-11-21)23-14-18-15-26-19(24-18)9-8-17-6-3-2-4-7-17;/h2-4,6-7,15H,5,8-14,16H2,1H3,(H,22,23);1H. The van der Waals surface area contributed by atoms with Gasteiger partial charge >= 0.3 is 0 Å². The Kier molecular flexibility index (Phi) is 7.14. The van der Waals surface area contributed by atoms with Crippen molar-refractivity contribution in [2.75, 3.05) is 20.1 Å². The van der Waals surface area contributed by atoms with Gasteiger partial charge in [-0.05, 0) is 36.7 Å². The van der Waals surface area contributed by atoms with Crippen LogP contribution < -0.4 is 5.32 Å². The zero-order chi connectivity index (χ0) is 17.8. The highest BCUT2D eigenvalue weighted by Gasteiger charge is 2.43. The lowest BCUT2D eigenvalue weighted by Gasteiger charge is -2.38. The number of aliphatic imine (C=N–C) groups is 1. The van der Waals surface area contributed by atoms with E-state index in [-0.39, 0.29) is 24.0 Å². The van der Waals surface area contributed by atoms with Crippen molar-refractivity contribution < 1.29 is 0 Å². The maximum atomic E-state index is 4.80. The Hall–Kier alpha value is -1.15. The molecule has 0 bridgehead atoms. The second-order valence-corrected chi connectivity index (χ2v) is 8.59. The lowest BCUT2D eigenvalue weighted by atomic mass is 9.68. The van der Waals surface area contributed by atoms with Gasteiger partial charge in [0, 0.05) is 31.9 Å². The van der Waals surface area contributed by atoms with E-state index < -0.39 is 0 Å². The summed E-state index contributed by atoms with van der Waals surface area (Å²) in [5.41, 5.74) is 3.10. The quantitative estimate of drug-likeness (QED) is 0.377. The van der Waals surface area contributed by atoms with E-state index in [9.17, 15) is 0 Å². The molecule has 1 N–H and O–H groups in total. The zero-order valence-corrected chi connectivity index (χ0v) is 19.1. The summed E-state index contributed by atoms with van der Waals surface area (Å²) in [6.07, 6.45) is 7.60. The Morgan fingerprint density at radius 3 is 2.70 bits per heavy atom. The highest BCUT2D eigenvalue weighted by Crippen LogP contribution is 2.47. The Bertz CT molecular complexity index is 755. The minimum Gasteiger partial charge on any atom is -0.351 e. The van der Waals surface area contributed by atoms with E-state index in [4.69, 9.17) is 4.98 Å². The average Bonchev–Trinajstić information content (AvgIpc) is 3.29. The molecule has 1 aromatic carbocycles. The minimum absolute atomic E-state index is 0. The molecule has 1 saturated carbocycles. The van der Waals surface area contributed by atoms with E-state index in [1.807, 2.05) is 7.05 Å². The molecule has 0 unspecified atom stereocenters. The van der Waals surface area contributed by atoms with Crippen LogP contribution in [0.25, 0.3) is 0 Å². The number of thiazole rings is 1. The number of hydrogen-bond acceptors (Lipinski definition) is 3. The lowest BCUT2D eigenvalue weighted by molar-refractivity contribution is 0.151. The molecule has 0 amide bonds. The van der Waals surface area contributed by atoms with Gasteiger partial charge in [-0.2, -0.15) is 0 Å². The summed E-state index contributed by atoms with van der Waals surface area (Å²) in [4.78, 5) is 11.7. The molecule has 1 spiro atoms. The summed E-state index contributed by atoms with van der Waals surface area (Å²) in [6, 6.07) is 10.6. The summed E-state index contributed by atoms with van der Waals surface area (Å²) < 4.78 is 0. The van der Waals surface area contributed by atoms with Crippen molar-refractivity contribution in [3.63, 3.8) is 0 Å². The van der Waals surface area contributed by atoms with Gasteiger partial charge in [-0.1, -0.05) is 36.8 Å². The van der Waals surface area contributed by atoms with Gasteiger partial charge < -0.3 is 10.2 Å². The molecule has 1 aliphatic heterocycles. The van der Waals surface area contributed by atoms with Crippen LogP contribution in [-0.2, 0) is 19.4 Å². The highest BCUT2D eigenvalue weighted by atomic mass is 127. The summed E-state index contributed by atoms with van der Waals surface area (Å²) >= 11 is 1.77. The number of nitrogens with zero attached hydrogens (tertiary/aromatic N) is 3. The zero-order valence-electron chi connectivity index (χ0n) is 16.0. The molecular formula is C21H29IN4S. The van der Waals surface area contributed by atoms with Gasteiger partial charge in [-0.3, -0.25) is 4.99 Å². The van der Waals surface area contributed by atoms with E-state index in [0.717, 1.165) is 37.6 Å². The van der Waals surface area contributed by atoms with Gasteiger partial charge in [-0.15, -0.1) is 35.3 Å². The van der Waals surface area contributed by atoms with Crippen LogP contribution in [0.1, 0.15) is 41.9 Å². The highest BCUT2D eigenvalue weighted by molar-refractivity contribution is 14.0. The van der Waals surface area contributed by atoms with Crippen LogP contribution in [-0.4, -0.2) is 36.0 Å². The fourth-order valence-corrected chi connectivity index (χ4v) is 4.94. The number of guanidine groups is 1. The molecule has 2 aliphatic rings. The number of rotatable bonds is 5. The van der Waals surface area contributed by atoms with Gasteiger partial charge in [-0.25, -0.2) is 4.98 Å². The van der Waals surface area contributed by atoms with E-state index in [2.05, 4.69) is 50.9 Å². The van der Waals surface area contributed by atoms with E-state index in [0.29, 0.717) is 5.41 Å². The summed E-state index contributed by atoms with van der Waals surface area (Å²) in [6.45, 7) is 3.07. The Morgan fingerprint density at radius 1 is 1.22 bits per heavy atom. The number of benzene rings is 1. The van der Waals surface area contributed by atoms with Crippen LogP contribution in [0.5, 0.6) is 0 Å². The van der Waals surface area contributed by atoms with Crippen molar-refractivity contribution in [1.29, 1.82) is 0 Å². The second kappa shape index (κ2) is 9.37. The van der Waals surface area contributed by atoms with Crippen LogP contribution in [0.4, 0.5) is 0 Å². The van der Waals surface area contributed by atoms with Crippen LogP contribution in [0, 0.1) is 5.41 Å². The van der Waals surface area contributed by atoms with Crippen molar-refractivity contribution >= 4 is 41.3 Å². The third kappa shape index (κ3) is 5.02. The van der Waals surface area contributed by atoms with Crippen molar-refractivity contribution in [3.05, 3.63) is 52.0 Å². The fraction of sp³-hybridized carbons (Fsp3) is 0.524. The maximum absolute atomic E-state index is 4.80. The molecule has 146 valence electrons. The molecule has 27 heavy (non-hydrogen) atoms. The number of hydrogen-bond donors (Lipinski definition) is 1. The Morgan fingerprint density at radius 2 is 2.04 bits per heavy atom. The minimum atomic E-state index is 0. The van der Waals surface area contributed by atoms with Gasteiger partial charge in [0.2, 0.25) is 0 Å². The predicted molar refractivity (Wildman–Crippen MR) is 124 cm³/mol. The molecule has 4 nitrogen and oxygen atoms in total. The number of aryl methyl sites for hydroxylation is 2. The third-order valence-electron chi connectivity index (χ3n) is 5.86. The van der Waals surface area contributed by atoms with Crippen molar-refractivity contribution in [2.45, 2.75) is 45.1 Å². The van der Waals surface area contributed by atoms with Crippen molar-refractivity contribution in [3.8, 4) is 0 Å². The molecule has 4 rings (SSSR count). The monoisotopic (exact) mass is 496 g/mol. The topological polar surface area (TPSA) is 40.5 Å². The van der Waals surface area contributed by atoms with Gasteiger partial charge in [0.1, 0.15) is 0 Å². The first-order valence-electron chi connectivity index (χ1n) is 9.69. The number of aromatic nitrogens is 1. The molecule has 2 heterocycles. The SMILES string of the molecule is CN=C(NCc1csc(CCc2ccccc2)n1)N1CCC2(CCC2)C1.I. The van der Waals surface area contributed by atoms with Gasteiger partial charge in [0.25, 0.3) is 0 Å². The van der Waals surface area contributed by atoms with Crippen molar-refractivity contribution in [1.82, 2.24) is 15.2 Å². The molecule has 1 aromatic heterocycles. The van der Waals surface area contributed by atoms with Crippen LogP contribution in [0.3, 0.4) is 0 Å². The smallest absolute Gasteiger partial charge is 0.193 e. The predicted octanol–water partition coefficient (Wildman–Crippen LogP) is 4.50. The number of likely N-dealkylation sites (tertiary alicyclic amines) is 1. The Labute approximate surface area is 183 Å². The van der Waals surface area contributed by atoms with Crippen LogP contribution in [0.15, 0.2) is 40.7 Å². The maximum Gasteiger partial charge on any atom is 0.193 e. The normalized spacial score (nSPS) is 18.3. The molecule has 1 saturated heterocycles. The molecule has 0 atom stereocenters. The largest absolute Gasteiger partial charge is 0.351 e.